The van der Waals surface area contributed by atoms with Gasteiger partial charge in [-0.05, 0) is 18.2 Å². The third-order valence-electron chi connectivity index (χ3n) is 4.73. The summed E-state index contributed by atoms with van der Waals surface area (Å²) >= 11 is 0. The number of aromatic hydroxyl groups is 1. The van der Waals surface area contributed by atoms with Crippen molar-refractivity contribution in [3.05, 3.63) is 99.7 Å². The van der Waals surface area contributed by atoms with Gasteiger partial charge in [0.15, 0.2) is 0 Å². The van der Waals surface area contributed by atoms with Crippen LogP contribution in [-0.2, 0) is 4.79 Å². The number of aliphatic imine (C=N–C) groups is 1. The number of rotatable bonds is 5. The van der Waals surface area contributed by atoms with Crippen LogP contribution >= 0.6 is 0 Å². The number of phenolic OH excluding ortho intramolecular Hbond substituents is 1. The van der Waals surface area contributed by atoms with Gasteiger partial charge in [0, 0.05) is 17.2 Å². The average molecular weight is 415 g/mol. The Morgan fingerprint density at radius 1 is 1.06 bits per heavy atom. The van der Waals surface area contributed by atoms with Crippen molar-refractivity contribution in [3.8, 4) is 11.5 Å². The van der Waals surface area contributed by atoms with E-state index in [0.717, 1.165) is 6.07 Å². The molecule has 0 atom stereocenters. The molecule has 0 radical (unpaired) electrons. The molecule has 3 aromatic carbocycles. The van der Waals surface area contributed by atoms with Crippen molar-refractivity contribution in [2.45, 2.75) is 0 Å². The first-order valence-electron chi connectivity index (χ1n) is 9.30. The lowest BCUT2D eigenvalue weighted by atomic mass is 10.1. The van der Waals surface area contributed by atoms with Crippen LogP contribution < -0.4 is 9.64 Å². The molecule has 0 bridgehead atoms. The molecule has 0 saturated carbocycles. The third-order valence-corrected chi connectivity index (χ3v) is 4.73. The average Bonchev–Trinajstić information content (AvgIpc) is 3.10. The summed E-state index contributed by atoms with van der Waals surface area (Å²) in [5.74, 6) is 0.00503. The van der Waals surface area contributed by atoms with Crippen molar-refractivity contribution in [1.29, 1.82) is 0 Å². The van der Waals surface area contributed by atoms with Gasteiger partial charge in [-0.2, -0.15) is 0 Å². The second-order valence-corrected chi connectivity index (χ2v) is 6.64. The van der Waals surface area contributed by atoms with E-state index in [-0.39, 0.29) is 17.1 Å². The number of hydrogen-bond acceptors (Lipinski definition) is 6. The Bertz CT molecular complexity index is 1230. The second kappa shape index (κ2) is 8.11. The molecule has 0 unspecified atom stereocenters. The third kappa shape index (κ3) is 3.74. The lowest BCUT2D eigenvalue weighted by Gasteiger charge is -2.19. The van der Waals surface area contributed by atoms with Gasteiger partial charge in [-0.3, -0.25) is 19.8 Å². The van der Waals surface area contributed by atoms with Crippen LogP contribution in [0.25, 0.3) is 6.08 Å². The number of nitro groups is 1. The molecule has 1 aliphatic heterocycles. The van der Waals surface area contributed by atoms with E-state index in [0.29, 0.717) is 22.7 Å². The van der Waals surface area contributed by atoms with Crippen LogP contribution in [0.3, 0.4) is 0 Å². The summed E-state index contributed by atoms with van der Waals surface area (Å²) in [6.45, 7) is 0. The Morgan fingerprint density at radius 3 is 2.45 bits per heavy atom. The molecular weight excluding hydrogens is 398 g/mol. The Kier molecular flexibility index (Phi) is 5.19. The van der Waals surface area contributed by atoms with Gasteiger partial charge in [0.05, 0.1) is 23.8 Å². The topological polar surface area (TPSA) is 105 Å². The number of amidine groups is 1. The monoisotopic (exact) mass is 415 g/mol. The fourth-order valence-electron chi connectivity index (χ4n) is 3.27. The highest BCUT2D eigenvalue weighted by Gasteiger charge is 2.34. The van der Waals surface area contributed by atoms with E-state index in [1.54, 1.807) is 42.5 Å². The van der Waals surface area contributed by atoms with Gasteiger partial charge in [0.25, 0.3) is 11.6 Å². The maximum atomic E-state index is 13.3. The van der Waals surface area contributed by atoms with E-state index in [1.165, 1.54) is 24.1 Å². The van der Waals surface area contributed by atoms with Crippen molar-refractivity contribution in [2.24, 2.45) is 4.99 Å². The lowest BCUT2D eigenvalue weighted by Crippen LogP contribution is -2.32. The quantitative estimate of drug-likeness (QED) is 0.383. The summed E-state index contributed by atoms with van der Waals surface area (Å²) in [5, 5.41) is 21.5. The molecule has 0 fully saturated rings. The summed E-state index contributed by atoms with van der Waals surface area (Å²) in [6, 6.07) is 19.8. The van der Waals surface area contributed by atoms with Gasteiger partial charge in [-0.15, -0.1) is 0 Å². The molecule has 0 spiro atoms. The first-order valence-corrected chi connectivity index (χ1v) is 9.30. The number of benzene rings is 3. The number of nitro benzene ring substituents is 1. The van der Waals surface area contributed by atoms with E-state index >= 15 is 0 Å². The largest absolute Gasteiger partial charge is 0.505 e. The molecule has 8 nitrogen and oxygen atoms in total. The first kappa shape index (κ1) is 19.8. The molecule has 8 heteroatoms. The molecule has 1 amide bonds. The first-order chi connectivity index (χ1) is 15.0. The summed E-state index contributed by atoms with van der Waals surface area (Å²) in [7, 11) is 1.54. The van der Waals surface area contributed by atoms with Gasteiger partial charge >= 0.3 is 0 Å². The van der Waals surface area contributed by atoms with Gasteiger partial charge in [0.1, 0.15) is 23.0 Å². The standard InChI is InChI=1S/C23H17N3O5/c1-31-21-10-6-5-9-16(21)13-18-23(28)25(22(24-18)15-7-3-2-4-8-15)19-12-11-17(26(29)30)14-20(19)27/h2-14,27H,1H3/b18-13+. The normalized spacial score (nSPS) is 14.6. The molecule has 1 heterocycles. The van der Waals surface area contributed by atoms with Gasteiger partial charge in [-0.1, -0.05) is 48.5 Å². The number of methoxy groups -OCH3 is 1. The van der Waals surface area contributed by atoms with Gasteiger partial charge in [0.2, 0.25) is 0 Å². The van der Waals surface area contributed by atoms with Crippen LogP contribution in [0, 0.1) is 10.1 Å². The van der Waals surface area contributed by atoms with Crippen LogP contribution in [0.1, 0.15) is 11.1 Å². The van der Waals surface area contributed by atoms with Crippen LogP contribution in [0.2, 0.25) is 0 Å². The highest BCUT2D eigenvalue weighted by Crippen LogP contribution is 2.36. The number of nitrogens with zero attached hydrogens (tertiary/aromatic N) is 3. The highest BCUT2D eigenvalue weighted by molar-refractivity contribution is 6.33. The molecule has 154 valence electrons. The molecular formula is C23H17N3O5. The van der Waals surface area contributed by atoms with Crippen LogP contribution in [0.5, 0.6) is 11.5 Å². The number of hydrogen-bond donors (Lipinski definition) is 1. The Morgan fingerprint density at radius 2 is 1.77 bits per heavy atom. The number of phenols is 1. The number of carbonyl (C=O) groups is 1. The van der Waals surface area contributed by atoms with Crippen LogP contribution in [0.15, 0.2) is 83.5 Å². The van der Waals surface area contributed by atoms with Crippen molar-refractivity contribution >= 4 is 29.2 Å². The number of amides is 1. The van der Waals surface area contributed by atoms with E-state index < -0.39 is 16.6 Å². The van der Waals surface area contributed by atoms with Crippen LogP contribution in [0.4, 0.5) is 11.4 Å². The molecule has 31 heavy (non-hydrogen) atoms. The summed E-state index contributed by atoms with van der Waals surface area (Å²) < 4.78 is 5.35. The van der Waals surface area contributed by atoms with Crippen molar-refractivity contribution in [1.82, 2.24) is 0 Å². The van der Waals surface area contributed by atoms with Gasteiger partial charge < -0.3 is 9.84 Å². The zero-order chi connectivity index (χ0) is 22.0. The molecule has 0 aromatic heterocycles. The minimum Gasteiger partial charge on any atom is -0.505 e. The van der Waals surface area contributed by atoms with E-state index in [2.05, 4.69) is 4.99 Å². The Labute approximate surface area is 177 Å². The number of carbonyl (C=O) groups excluding carboxylic acids is 1. The minimum absolute atomic E-state index is 0.0987. The zero-order valence-electron chi connectivity index (χ0n) is 16.4. The minimum atomic E-state index is -0.617. The summed E-state index contributed by atoms with van der Waals surface area (Å²) in [5.41, 5.74) is 1.27. The maximum Gasteiger partial charge on any atom is 0.282 e. The Balaban J connectivity index is 1.85. The summed E-state index contributed by atoms with van der Waals surface area (Å²) in [4.78, 5) is 29.5. The molecule has 0 aliphatic carbocycles. The number of ether oxygens (including phenoxy) is 1. The van der Waals surface area contributed by atoms with Crippen LogP contribution in [-0.4, -0.2) is 28.9 Å². The Hall–Kier alpha value is -4.46. The van der Waals surface area contributed by atoms with E-state index in [9.17, 15) is 20.0 Å². The van der Waals surface area contributed by atoms with E-state index in [1.807, 2.05) is 18.2 Å². The van der Waals surface area contributed by atoms with Crippen molar-refractivity contribution < 1.29 is 19.6 Å². The molecule has 1 aliphatic rings. The number of anilines is 1. The molecule has 1 N–H and O–H groups in total. The lowest BCUT2D eigenvalue weighted by molar-refractivity contribution is -0.384. The smallest absolute Gasteiger partial charge is 0.282 e. The predicted molar refractivity (Wildman–Crippen MR) is 116 cm³/mol. The molecule has 0 saturated heterocycles. The van der Waals surface area contributed by atoms with Crippen molar-refractivity contribution in [2.75, 3.05) is 12.0 Å². The van der Waals surface area contributed by atoms with Gasteiger partial charge in [-0.25, -0.2) is 4.99 Å². The fourth-order valence-corrected chi connectivity index (χ4v) is 3.27. The molecule has 3 aromatic rings. The SMILES string of the molecule is COc1ccccc1/C=C1/N=C(c2ccccc2)N(c2ccc([N+](=O)[O-])cc2O)C1=O. The fraction of sp³-hybridized carbons (Fsp3) is 0.0435. The highest BCUT2D eigenvalue weighted by atomic mass is 16.6. The number of para-hydroxylation sites is 1. The van der Waals surface area contributed by atoms with Crippen molar-refractivity contribution in [3.63, 3.8) is 0 Å². The predicted octanol–water partition coefficient (Wildman–Crippen LogP) is 4.14. The molecule has 4 rings (SSSR count). The zero-order valence-corrected chi connectivity index (χ0v) is 16.4. The summed E-state index contributed by atoms with van der Waals surface area (Å²) in [6.07, 6.45) is 1.60. The number of non-ortho nitro benzene ring substituents is 1. The second-order valence-electron chi connectivity index (χ2n) is 6.64. The maximum absolute atomic E-state index is 13.3. The van der Waals surface area contributed by atoms with E-state index in [4.69, 9.17) is 4.74 Å².